The summed E-state index contributed by atoms with van der Waals surface area (Å²) in [5.41, 5.74) is 5.18. The fraction of sp³-hybridized carbons (Fsp3) is 0.412. The minimum absolute atomic E-state index is 0.123. The maximum atomic E-state index is 9.56. The summed E-state index contributed by atoms with van der Waals surface area (Å²) in [6, 6.07) is 9.33. The molecule has 1 aliphatic rings. The average Bonchev–Trinajstić information content (AvgIpc) is 2.42. The Balaban J connectivity index is 2.27. The van der Waals surface area contributed by atoms with Gasteiger partial charge in [0.05, 0.1) is 6.61 Å². The second kappa shape index (κ2) is 4.62. The third-order valence-electron chi connectivity index (χ3n) is 4.44. The van der Waals surface area contributed by atoms with Crippen LogP contribution >= 0.6 is 0 Å². The van der Waals surface area contributed by atoms with Crippen molar-refractivity contribution in [2.45, 2.75) is 32.4 Å². The number of hydrogen-bond acceptors (Lipinski definition) is 2. The van der Waals surface area contributed by atoms with Crippen LogP contribution in [-0.2, 0) is 19.4 Å². The highest BCUT2D eigenvalue weighted by molar-refractivity contribution is 5.94. The van der Waals surface area contributed by atoms with E-state index in [1.54, 1.807) is 0 Å². The van der Waals surface area contributed by atoms with Crippen molar-refractivity contribution in [2.24, 2.45) is 0 Å². The minimum Gasteiger partial charge on any atom is -0.392 e. The van der Waals surface area contributed by atoms with Gasteiger partial charge in [-0.2, -0.15) is 0 Å². The Morgan fingerprint density at radius 2 is 1.68 bits per heavy atom. The normalized spacial score (nSPS) is 18.3. The van der Waals surface area contributed by atoms with Crippen molar-refractivity contribution >= 4 is 10.8 Å². The van der Waals surface area contributed by atoms with E-state index in [9.17, 15) is 5.11 Å². The Morgan fingerprint density at radius 3 is 2.26 bits per heavy atom. The first-order chi connectivity index (χ1) is 9.11. The molecule has 100 valence electrons. The number of likely N-dealkylation sites (N-methyl/N-ethyl adjacent to an activating group) is 1. The van der Waals surface area contributed by atoms with E-state index in [2.05, 4.69) is 50.2 Å². The monoisotopic (exact) mass is 255 g/mol. The summed E-state index contributed by atoms with van der Waals surface area (Å²) in [7, 11) is 4.31. The highest BCUT2D eigenvalue weighted by Gasteiger charge is 2.23. The predicted molar refractivity (Wildman–Crippen MR) is 79.5 cm³/mol. The molecule has 0 aliphatic heterocycles. The number of rotatable bonds is 2. The first-order valence-electron chi connectivity index (χ1n) is 6.92. The molecule has 2 aromatic carbocycles. The molecule has 1 atom stereocenters. The Hall–Kier alpha value is -1.38. The Bertz CT molecular complexity index is 618. The molecule has 0 amide bonds. The van der Waals surface area contributed by atoms with E-state index in [1.165, 1.54) is 27.5 Å². The van der Waals surface area contributed by atoms with Gasteiger partial charge < -0.3 is 10.0 Å². The van der Waals surface area contributed by atoms with E-state index in [4.69, 9.17) is 0 Å². The van der Waals surface area contributed by atoms with Crippen molar-refractivity contribution in [2.75, 3.05) is 14.1 Å². The lowest BCUT2D eigenvalue weighted by Crippen LogP contribution is -2.34. The fourth-order valence-corrected chi connectivity index (χ4v) is 3.32. The second-order valence-corrected chi connectivity index (χ2v) is 5.86. The third-order valence-corrected chi connectivity index (χ3v) is 4.44. The van der Waals surface area contributed by atoms with Crippen LogP contribution in [0.25, 0.3) is 10.8 Å². The zero-order chi connectivity index (χ0) is 13.6. The molecule has 2 aromatic rings. The molecule has 0 spiro atoms. The molecule has 1 unspecified atom stereocenters. The molecular weight excluding hydrogens is 234 g/mol. The average molecular weight is 255 g/mol. The molecule has 2 nitrogen and oxygen atoms in total. The summed E-state index contributed by atoms with van der Waals surface area (Å²) in [5.74, 6) is 0. The maximum Gasteiger partial charge on any atom is 0.0687 e. The Morgan fingerprint density at radius 1 is 1.05 bits per heavy atom. The first-order valence-corrected chi connectivity index (χ1v) is 6.92. The third kappa shape index (κ3) is 1.96. The molecule has 3 rings (SSSR count). The van der Waals surface area contributed by atoms with Crippen LogP contribution < -0.4 is 0 Å². The van der Waals surface area contributed by atoms with Crippen LogP contribution in [0, 0.1) is 6.92 Å². The van der Waals surface area contributed by atoms with Gasteiger partial charge in [-0.15, -0.1) is 0 Å². The van der Waals surface area contributed by atoms with Gasteiger partial charge in [0.25, 0.3) is 0 Å². The first kappa shape index (κ1) is 12.6. The zero-order valence-electron chi connectivity index (χ0n) is 11.9. The van der Waals surface area contributed by atoms with E-state index in [0.29, 0.717) is 6.04 Å². The molecule has 19 heavy (non-hydrogen) atoms. The minimum atomic E-state index is 0.123. The van der Waals surface area contributed by atoms with Gasteiger partial charge in [0.2, 0.25) is 0 Å². The number of aliphatic hydroxyl groups is 1. The summed E-state index contributed by atoms with van der Waals surface area (Å²) in [6.07, 6.45) is 2.21. The van der Waals surface area contributed by atoms with Gasteiger partial charge in [-0.05, 0) is 66.9 Å². The van der Waals surface area contributed by atoms with E-state index in [0.717, 1.165) is 18.4 Å². The lowest BCUT2D eigenvalue weighted by molar-refractivity contribution is 0.282. The Labute approximate surface area is 114 Å². The second-order valence-electron chi connectivity index (χ2n) is 5.86. The molecule has 2 heteroatoms. The highest BCUT2D eigenvalue weighted by atomic mass is 16.3. The molecule has 0 heterocycles. The largest absolute Gasteiger partial charge is 0.392 e. The van der Waals surface area contributed by atoms with Crippen LogP contribution in [0.2, 0.25) is 0 Å². The van der Waals surface area contributed by atoms with Gasteiger partial charge in [-0.25, -0.2) is 0 Å². The van der Waals surface area contributed by atoms with Gasteiger partial charge in [-0.3, -0.25) is 0 Å². The summed E-state index contributed by atoms with van der Waals surface area (Å²) >= 11 is 0. The molecule has 0 radical (unpaired) electrons. The summed E-state index contributed by atoms with van der Waals surface area (Å²) in [4.78, 5) is 2.31. The fourth-order valence-electron chi connectivity index (χ4n) is 3.32. The molecule has 0 fully saturated rings. The Kier molecular flexibility index (Phi) is 3.08. The van der Waals surface area contributed by atoms with Gasteiger partial charge in [0.15, 0.2) is 0 Å². The van der Waals surface area contributed by atoms with Crippen LogP contribution in [0.4, 0.5) is 0 Å². The summed E-state index contributed by atoms with van der Waals surface area (Å²) in [5, 5.41) is 12.2. The topological polar surface area (TPSA) is 23.5 Å². The van der Waals surface area contributed by atoms with Crippen LogP contribution in [0.15, 0.2) is 24.3 Å². The van der Waals surface area contributed by atoms with Gasteiger partial charge in [0.1, 0.15) is 0 Å². The summed E-state index contributed by atoms with van der Waals surface area (Å²) in [6.45, 7) is 2.26. The van der Waals surface area contributed by atoms with E-state index < -0.39 is 0 Å². The van der Waals surface area contributed by atoms with Crippen LogP contribution in [0.5, 0.6) is 0 Å². The highest BCUT2D eigenvalue weighted by Crippen LogP contribution is 2.34. The van der Waals surface area contributed by atoms with Gasteiger partial charge >= 0.3 is 0 Å². The van der Waals surface area contributed by atoms with Crippen LogP contribution in [0.3, 0.4) is 0 Å². The number of nitrogens with zero attached hydrogens (tertiary/aromatic N) is 1. The maximum absolute atomic E-state index is 9.56. The van der Waals surface area contributed by atoms with Crippen LogP contribution in [-0.4, -0.2) is 30.1 Å². The van der Waals surface area contributed by atoms with Crippen molar-refractivity contribution < 1.29 is 5.11 Å². The molecular formula is C17H21NO. The van der Waals surface area contributed by atoms with E-state index >= 15 is 0 Å². The van der Waals surface area contributed by atoms with Gasteiger partial charge in [-0.1, -0.05) is 24.3 Å². The number of aryl methyl sites for hydroxylation is 1. The summed E-state index contributed by atoms with van der Waals surface area (Å²) < 4.78 is 0. The van der Waals surface area contributed by atoms with E-state index in [-0.39, 0.29) is 6.61 Å². The molecule has 0 bridgehead atoms. The SMILES string of the molecule is Cc1ccc2c3c(ccc(CO)c13)CC(N(C)C)C2. The molecule has 0 aromatic heterocycles. The standard InChI is InChI=1S/C17H21NO/c1-11-4-5-12-8-15(18(2)3)9-13-6-7-14(10-19)16(11)17(12)13/h4-7,15,19H,8-10H2,1-3H3. The van der Waals surface area contributed by atoms with Gasteiger partial charge in [0, 0.05) is 6.04 Å². The van der Waals surface area contributed by atoms with Crippen molar-refractivity contribution in [1.82, 2.24) is 4.90 Å². The number of aliphatic hydroxyl groups excluding tert-OH is 1. The lowest BCUT2D eigenvalue weighted by atomic mass is 9.82. The zero-order valence-corrected chi connectivity index (χ0v) is 11.9. The van der Waals surface area contributed by atoms with Crippen molar-refractivity contribution in [3.63, 3.8) is 0 Å². The number of hydrogen-bond donors (Lipinski definition) is 1. The molecule has 1 aliphatic carbocycles. The van der Waals surface area contributed by atoms with Crippen molar-refractivity contribution in [3.05, 3.63) is 46.5 Å². The lowest BCUT2D eigenvalue weighted by Gasteiger charge is -2.31. The van der Waals surface area contributed by atoms with E-state index in [1.807, 2.05) is 0 Å². The van der Waals surface area contributed by atoms with Crippen LogP contribution in [0.1, 0.15) is 22.3 Å². The van der Waals surface area contributed by atoms with Crippen molar-refractivity contribution in [1.29, 1.82) is 0 Å². The van der Waals surface area contributed by atoms with Crippen molar-refractivity contribution in [3.8, 4) is 0 Å². The molecule has 0 saturated carbocycles. The molecule has 0 saturated heterocycles. The quantitative estimate of drug-likeness (QED) is 0.892. The molecule has 1 N–H and O–H groups in total. The predicted octanol–water partition coefficient (Wildman–Crippen LogP) is 2.67. The number of benzene rings is 2. The smallest absolute Gasteiger partial charge is 0.0687 e.